The molecule has 3 aromatic rings. The molecule has 0 atom stereocenters. The van der Waals surface area contributed by atoms with Crippen LogP contribution in [0.3, 0.4) is 0 Å². The van der Waals surface area contributed by atoms with Crippen molar-refractivity contribution < 1.29 is 4.79 Å². The first-order chi connectivity index (χ1) is 13.4. The molecule has 3 aromatic heterocycles. The largest absolute Gasteiger partial charge is 0.348 e. The summed E-state index contributed by atoms with van der Waals surface area (Å²) in [6, 6.07) is 5.83. The van der Waals surface area contributed by atoms with Crippen molar-refractivity contribution in [1.82, 2.24) is 24.3 Å². The molecule has 28 heavy (non-hydrogen) atoms. The monoisotopic (exact) mass is 397 g/mol. The van der Waals surface area contributed by atoms with Gasteiger partial charge in [-0.25, -0.2) is 0 Å². The van der Waals surface area contributed by atoms with Gasteiger partial charge in [-0.15, -0.1) is 10.2 Å². The first kappa shape index (κ1) is 20.3. The van der Waals surface area contributed by atoms with Crippen molar-refractivity contribution in [2.24, 2.45) is 13.0 Å². The van der Waals surface area contributed by atoms with Gasteiger partial charge in [0, 0.05) is 48.5 Å². The van der Waals surface area contributed by atoms with Crippen molar-refractivity contribution in [3.05, 3.63) is 47.5 Å². The summed E-state index contributed by atoms with van der Waals surface area (Å²) in [5, 5.41) is 9.22. The van der Waals surface area contributed by atoms with Gasteiger partial charge in [0.1, 0.15) is 0 Å². The quantitative estimate of drug-likeness (QED) is 0.418. The zero-order valence-electron chi connectivity index (χ0n) is 17.1. The molecular formula is C21H27N5OS. The normalized spacial score (nSPS) is 11.4. The Morgan fingerprint density at radius 3 is 2.71 bits per heavy atom. The lowest BCUT2D eigenvalue weighted by Gasteiger charge is -2.11. The summed E-state index contributed by atoms with van der Waals surface area (Å²) in [7, 11) is 1.91. The van der Waals surface area contributed by atoms with E-state index < -0.39 is 0 Å². The number of thioether (sulfide) groups is 1. The summed E-state index contributed by atoms with van der Waals surface area (Å²) >= 11 is 1.42. The Morgan fingerprint density at radius 2 is 2.04 bits per heavy atom. The van der Waals surface area contributed by atoms with Crippen LogP contribution in [0.2, 0.25) is 0 Å². The number of Topliss-reactive ketones (excluding diaryl/α,β-unsaturated/α-hetero) is 1. The van der Waals surface area contributed by atoms with Gasteiger partial charge in [0.25, 0.3) is 0 Å². The van der Waals surface area contributed by atoms with Crippen LogP contribution in [0.1, 0.15) is 42.0 Å². The molecule has 0 aromatic carbocycles. The third-order valence-electron chi connectivity index (χ3n) is 4.89. The number of pyridine rings is 1. The molecule has 0 aliphatic rings. The molecule has 0 spiro atoms. The molecule has 0 saturated heterocycles. The number of rotatable bonds is 8. The summed E-state index contributed by atoms with van der Waals surface area (Å²) < 4.78 is 4.15. The molecule has 0 radical (unpaired) electrons. The molecule has 0 bridgehead atoms. The Kier molecular flexibility index (Phi) is 6.34. The maximum Gasteiger partial charge on any atom is 0.191 e. The van der Waals surface area contributed by atoms with E-state index in [1.807, 2.05) is 36.7 Å². The van der Waals surface area contributed by atoms with Crippen LogP contribution in [-0.4, -0.2) is 35.9 Å². The highest BCUT2D eigenvalue weighted by atomic mass is 32.2. The third-order valence-corrected chi connectivity index (χ3v) is 5.91. The number of carbonyl (C=O) groups is 1. The third kappa shape index (κ3) is 4.35. The van der Waals surface area contributed by atoms with Crippen molar-refractivity contribution in [1.29, 1.82) is 0 Å². The van der Waals surface area contributed by atoms with Crippen LogP contribution >= 0.6 is 11.8 Å². The number of carbonyl (C=O) groups excluding carboxylic acids is 1. The van der Waals surface area contributed by atoms with Crippen molar-refractivity contribution in [3.63, 3.8) is 0 Å². The first-order valence-corrected chi connectivity index (χ1v) is 10.5. The van der Waals surface area contributed by atoms with E-state index in [1.54, 1.807) is 12.4 Å². The van der Waals surface area contributed by atoms with Crippen LogP contribution < -0.4 is 0 Å². The Balaban J connectivity index is 1.70. The van der Waals surface area contributed by atoms with Gasteiger partial charge in [-0.05, 0) is 44.4 Å². The second-order valence-electron chi connectivity index (χ2n) is 7.44. The number of nitrogens with zero attached hydrogens (tertiary/aromatic N) is 5. The van der Waals surface area contributed by atoms with Gasteiger partial charge in [-0.1, -0.05) is 25.6 Å². The Morgan fingerprint density at radius 1 is 1.25 bits per heavy atom. The molecule has 148 valence electrons. The number of aryl methyl sites for hydroxylation is 1. The molecule has 0 saturated carbocycles. The molecule has 0 unspecified atom stereocenters. The van der Waals surface area contributed by atoms with E-state index in [-0.39, 0.29) is 5.78 Å². The lowest BCUT2D eigenvalue weighted by atomic mass is 10.1. The van der Waals surface area contributed by atoms with Gasteiger partial charge in [-0.3, -0.25) is 9.78 Å². The van der Waals surface area contributed by atoms with Crippen LogP contribution in [0.15, 0.2) is 35.7 Å². The summed E-state index contributed by atoms with van der Waals surface area (Å²) in [6.45, 7) is 9.50. The maximum absolute atomic E-state index is 12.8. The second-order valence-corrected chi connectivity index (χ2v) is 8.38. The predicted molar refractivity (Wildman–Crippen MR) is 113 cm³/mol. The van der Waals surface area contributed by atoms with Gasteiger partial charge in [-0.2, -0.15) is 0 Å². The van der Waals surface area contributed by atoms with E-state index in [0.29, 0.717) is 11.7 Å². The topological polar surface area (TPSA) is 65.6 Å². The van der Waals surface area contributed by atoms with Crippen molar-refractivity contribution >= 4 is 17.5 Å². The molecule has 0 fully saturated rings. The molecule has 0 N–H and O–H groups in total. The fourth-order valence-electron chi connectivity index (χ4n) is 3.21. The minimum atomic E-state index is 0.125. The summed E-state index contributed by atoms with van der Waals surface area (Å²) in [5.41, 5.74) is 3.91. The molecule has 6 nitrogen and oxygen atoms in total. The van der Waals surface area contributed by atoms with E-state index >= 15 is 0 Å². The SMILES string of the molecule is Cc1cc(C(=O)CSc2nnc(-c3cccnc3)n2C)c(C)n1CCC(C)C. The van der Waals surface area contributed by atoms with E-state index in [9.17, 15) is 4.79 Å². The number of aromatic nitrogens is 5. The average molecular weight is 398 g/mol. The smallest absolute Gasteiger partial charge is 0.191 e. The minimum Gasteiger partial charge on any atom is -0.348 e. The van der Waals surface area contributed by atoms with E-state index in [1.165, 1.54) is 11.8 Å². The second kappa shape index (κ2) is 8.73. The highest BCUT2D eigenvalue weighted by Crippen LogP contribution is 2.24. The predicted octanol–water partition coefficient (Wildman–Crippen LogP) is 4.32. The van der Waals surface area contributed by atoms with E-state index in [4.69, 9.17) is 0 Å². The van der Waals surface area contributed by atoms with E-state index in [2.05, 4.69) is 40.5 Å². The van der Waals surface area contributed by atoms with E-state index in [0.717, 1.165) is 46.5 Å². The first-order valence-electron chi connectivity index (χ1n) is 9.51. The van der Waals surface area contributed by atoms with Crippen LogP contribution in [0.4, 0.5) is 0 Å². The lowest BCUT2D eigenvalue weighted by molar-refractivity contribution is 0.102. The lowest BCUT2D eigenvalue weighted by Crippen LogP contribution is -2.08. The van der Waals surface area contributed by atoms with Crippen LogP contribution in [0, 0.1) is 19.8 Å². The summed E-state index contributed by atoms with van der Waals surface area (Å²) in [5.74, 6) is 1.85. The Hall–Kier alpha value is -2.41. The fourth-order valence-corrected chi connectivity index (χ4v) is 4.00. The molecule has 7 heteroatoms. The zero-order valence-corrected chi connectivity index (χ0v) is 18.0. The number of ketones is 1. The summed E-state index contributed by atoms with van der Waals surface area (Å²) in [4.78, 5) is 17.0. The Labute approximate surface area is 170 Å². The van der Waals surface area contributed by atoms with Gasteiger partial charge in [0.05, 0.1) is 5.75 Å². The van der Waals surface area contributed by atoms with Gasteiger partial charge in [0.15, 0.2) is 16.8 Å². The average Bonchev–Trinajstić information content (AvgIpc) is 3.18. The number of hydrogen-bond acceptors (Lipinski definition) is 5. The highest BCUT2D eigenvalue weighted by molar-refractivity contribution is 7.99. The van der Waals surface area contributed by atoms with Crippen molar-refractivity contribution in [2.45, 2.75) is 45.8 Å². The summed E-state index contributed by atoms with van der Waals surface area (Å²) in [6.07, 6.45) is 4.59. The molecule has 0 aliphatic heterocycles. The standard InChI is InChI=1S/C21H27N5OS/c1-14(2)8-10-26-15(3)11-18(16(26)4)19(27)13-28-21-24-23-20(25(21)5)17-7-6-9-22-12-17/h6-7,9,11-12,14H,8,10,13H2,1-5H3. The molecule has 0 amide bonds. The van der Waals surface area contributed by atoms with Gasteiger partial charge >= 0.3 is 0 Å². The maximum atomic E-state index is 12.8. The van der Waals surface area contributed by atoms with Crippen molar-refractivity contribution in [2.75, 3.05) is 5.75 Å². The van der Waals surface area contributed by atoms with Crippen molar-refractivity contribution in [3.8, 4) is 11.4 Å². The molecule has 3 rings (SSSR count). The zero-order chi connectivity index (χ0) is 20.3. The highest BCUT2D eigenvalue weighted by Gasteiger charge is 2.18. The molecule has 3 heterocycles. The fraction of sp³-hybridized carbons (Fsp3) is 0.429. The molecular weight excluding hydrogens is 370 g/mol. The Bertz CT molecular complexity index is 959. The van der Waals surface area contributed by atoms with Gasteiger partial charge in [0.2, 0.25) is 0 Å². The van der Waals surface area contributed by atoms with Gasteiger partial charge < -0.3 is 9.13 Å². The van der Waals surface area contributed by atoms with Crippen LogP contribution in [0.25, 0.3) is 11.4 Å². The van der Waals surface area contributed by atoms with Crippen LogP contribution in [0.5, 0.6) is 0 Å². The minimum absolute atomic E-state index is 0.125. The number of hydrogen-bond donors (Lipinski definition) is 0. The van der Waals surface area contributed by atoms with Crippen LogP contribution in [-0.2, 0) is 13.6 Å². The molecule has 0 aliphatic carbocycles.